The molecule has 10 nitrogen and oxygen atoms in total. The van der Waals surface area contributed by atoms with Crippen LogP contribution < -0.4 is 9.64 Å². The summed E-state index contributed by atoms with van der Waals surface area (Å²) in [5.74, 6) is -2.04. The molecule has 0 bridgehead atoms. The Morgan fingerprint density at radius 2 is 1.79 bits per heavy atom. The lowest BCUT2D eigenvalue weighted by molar-refractivity contribution is -0.385. The molecule has 2 aliphatic rings. The minimum absolute atomic E-state index is 0.149. The summed E-state index contributed by atoms with van der Waals surface area (Å²) in [6.07, 6.45) is 3.66. The number of para-hydroxylation sites is 1. The van der Waals surface area contributed by atoms with Gasteiger partial charge in [-0.05, 0) is 37.6 Å². The average Bonchev–Trinajstić information content (AvgIpc) is 2.91. The SMILES string of the molecule is CN1c2ccccc2C(C)(C)C12C=Cc1cc([N+](=O)[O-])cc(CN(CC(=O)O)CC(=O)O)c1O2. The zero-order valence-corrected chi connectivity index (χ0v) is 19.0. The van der Waals surface area contributed by atoms with E-state index in [-0.39, 0.29) is 12.2 Å². The molecule has 0 aromatic heterocycles. The Bertz CT molecular complexity index is 1210. The summed E-state index contributed by atoms with van der Waals surface area (Å²) in [5.41, 5.74) is 1.24. The van der Waals surface area contributed by atoms with Crippen molar-refractivity contribution in [2.24, 2.45) is 0 Å². The number of rotatable bonds is 7. The standard InChI is InChI=1S/C24H25N3O7/c1-23(2)18-6-4-5-7-19(18)25(3)24(23)9-8-15-10-17(27(32)33)11-16(22(15)34-24)12-26(13-20(28)29)14-21(30)31/h4-11H,12-14H2,1-3H3,(H,28,29)(H,30,31). The Labute approximate surface area is 195 Å². The van der Waals surface area contributed by atoms with Gasteiger partial charge in [-0.15, -0.1) is 0 Å². The minimum atomic E-state index is -1.20. The number of nitro groups is 1. The van der Waals surface area contributed by atoms with Gasteiger partial charge < -0.3 is 19.8 Å². The Morgan fingerprint density at radius 3 is 2.38 bits per heavy atom. The zero-order valence-electron chi connectivity index (χ0n) is 19.0. The molecule has 0 amide bonds. The van der Waals surface area contributed by atoms with E-state index in [4.69, 9.17) is 4.74 Å². The largest absolute Gasteiger partial charge is 0.480 e. The van der Waals surface area contributed by atoms with E-state index in [1.165, 1.54) is 17.0 Å². The lowest BCUT2D eigenvalue weighted by Gasteiger charge is -2.46. The molecule has 0 radical (unpaired) electrons. The van der Waals surface area contributed by atoms with Gasteiger partial charge in [0, 0.05) is 42.5 Å². The summed E-state index contributed by atoms with van der Waals surface area (Å²) in [7, 11) is 1.91. The third kappa shape index (κ3) is 3.65. The van der Waals surface area contributed by atoms with E-state index >= 15 is 0 Å². The van der Waals surface area contributed by atoms with Crippen LogP contribution in [-0.2, 0) is 21.5 Å². The van der Waals surface area contributed by atoms with Gasteiger partial charge in [-0.2, -0.15) is 0 Å². The van der Waals surface area contributed by atoms with Gasteiger partial charge >= 0.3 is 11.9 Å². The normalized spacial score (nSPS) is 19.6. The maximum Gasteiger partial charge on any atom is 0.317 e. The van der Waals surface area contributed by atoms with Crippen molar-refractivity contribution < 1.29 is 29.5 Å². The molecule has 2 heterocycles. The number of carboxylic acid groups (broad SMARTS) is 2. The minimum Gasteiger partial charge on any atom is -0.480 e. The molecule has 2 aromatic carbocycles. The number of nitrogens with zero attached hydrogens (tertiary/aromatic N) is 3. The summed E-state index contributed by atoms with van der Waals surface area (Å²) in [4.78, 5) is 36.9. The molecular weight excluding hydrogens is 442 g/mol. The smallest absolute Gasteiger partial charge is 0.317 e. The average molecular weight is 467 g/mol. The molecule has 2 aromatic rings. The number of fused-ring (bicyclic) bond motifs is 2. The Hall–Kier alpha value is -3.92. The first kappa shape index (κ1) is 23.2. The molecule has 178 valence electrons. The molecule has 0 saturated heterocycles. The van der Waals surface area contributed by atoms with Crippen LogP contribution in [0.4, 0.5) is 11.4 Å². The van der Waals surface area contributed by atoms with Crippen molar-refractivity contribution in [2.75, 3.05) is 25.0 Å². The van der Waals surface area contributed by atoms with E-state index < -0.39 is 41.1 Å². The van der Waals surface area contributed by atoms with E-state index in [1.54, 1.807) is 6.08 Å². The highest BCUT2D eigenvalue weighted by molar-refractivity contribution is 5.75. The zero-order chi connectivity index (χ0) is 24.8. The molecule has 2 aliphatic heterocycles. The van der Waals surface area contributed by atoms with E-state index in [2.05, 4.69) is 13.8 Å². The van der Waals surface area contributed by atoms with Gasteiger partial charge in [-0.25, -0.2) is 0 Å². The van der Waals surface area contributed by atoms with Crippen molar-refractivity contribution in [1.29, 1.82) is 0 Å². The van der Waals surface area contributed by atoms with Gasteiger partial charge in [0.1, 0.15) is 5.75 Å². The van der Waals surface area contributed by atoms with Crippen molar-refractivity contribution >= 4 is 29.4 Å². The highest BCUT2D eigenvalue weighted by Crippen LogP contribution is 2.54. The van der Waals surface area contributed by atoms with Gasteiger partial charge in [0.2, 0.25) is 5.72 Å². The molecule has 1 unspecified atom stereocenters. The summed E-state index contributed by atoms with van der Waals surface area (Å²) in [6.45, 7) is 2.88. The van der Waals surface area contributed by atoms with Crippen molar-refractivity contribution in [1.82, 2.24) is 4.90 Å². The second-order valence-corrected chi connectivity index (χ2v) is 9.05. The molecule has 34 heavy (non-hydrogen) atoms. The van der Waals surface area contributed by atoms with Gasteiger partial charge in [0.05, 0.1) is 23.4 Å². The summed E-state index contributed by atoms with van der Waals surface area (Å²) >= 11 is 0. The number of hydrogen-bond acceptors (Lipinski definition) is 7. The van der Waals surface area contributed by atoms with Crippen LogP contribution in [0.2, 0.25) is 0 Å². The number of hydrogen-bond donors (Lipinski definition) is 2. The molecule has 4 rings (SSSR count). The van der Waals surface area contributed by atoms with Gasteiger partial charge in [-0.3, -0.25) is 24.6 Å². The fourth-order valence-corrected chi connectivity index (χ4v) is 4.95. The van der Waals surface area contributed by atoms with Crippen LogP contribution >= 0.6 is 0 Å². The summed E-state index contributed by atoms with van der Waals surface area (Å²) < 4.78 is 6.66. The van der Waals surface area contributed by atoms with Gasteiger partial charge in [0.15, 0.2) is 0 Å². The van der Waals surface area contributed by atoms with Crippen LogP contribution in [-0.4, -0.2) is 57.8 Å². The Kier molecular flexibility index (Phi) is 5.56. The van der Waals surface area contributed by atoms with Crippen LogP contribution in [0.3, 0.4) is 0 Å². The molecule has 0 saturated carbocycles. The van der Waals surface area contributed by atoms with Crippen LogP contribution in [0.15, 0.2) is 42.5 Å². The predicted molar refractivity (Wildman–Crippen MR) is 124 cm³/mol. The lowest BCUT2D eigenvalue weighted by Crippen LogP contribution is -2.58. The number of benzene rings is 2. The second-order valence-electron chi connectivity index (χ2n) is 9.05. The molecular formula is C24H25N3O7. The lowest BCUT2D eigenvalue weighted by atomic mass is 9.76. The highest BCUT2D eigenvalue weighted by atomic mass is 16.6. The highest BCUT2D eigenvalue weighted by Gasteiger charge is 2.57. The number of aliphatic carboxylic acids is 2. The Morgan fingerprint density at radius 1 is 1.15 bits per heavy atom. The van der Waals surface area contributed by atoms with Crippen LogP contribution in [0.5, 0.6) is 5.75 Å². The topological polar surface area (TPSA) is 133 Å². The number of carboxylic acids is 2. The molecule has 0 aliphatic carbocycles. The maximum absolute atomic E-state index is 11.6. The monoisotopic (exact) mass is 467 g/mol. The first-order valence-electron chi connectivity index (χ1n) is 10.6. The van der Waals surface area contributed by atoms with Crippen molar-refractivity contribution in [3.63, 3.8) is 0 Å². The number of anilines is 1. The molecule has 1 spiro atoms. The molecule has 2 N–H and O–H groups in total. The first-order chi connectivity index (χ1) is 16.0. The summed E-state index contributed by atoms with van der Waals surface area (Å²) in [6, 6.07) is 10.6. The van der Waals surface area contributed by atoms with Crippen molar-refractivity contribution in [3.8, 4) is 5.75 Å². The van der Waals surface area contributed by atoms with E-state index in [0.717, 1.165) is 11.3 Å². The van der Waals surface area contributed by atoms with Crippen LogP contribution in [0, 0.1) is 10.1 Å². The number of nitro benzene ring substituents is 1. The summed E-state index contributed by atoms with van der Waals surface area (Å²) in [5, 5.41) is 30.0. The van der Waals surface area contributed by atoms with Crippen LogP contribution in [0.1, 0.15) is 30.5 Å². The van der Waals surface area contributed by atoms with Crippen molar-refractivity contribution in [2.45, 2.75) is 31.5 Å². The van der Waals surface area contributed by atoms with Crippen molar-refractivity contribution in [3.05, 3.63) is 69.3 Å². The second kappa shape index (κ2) is 8.14. The van der Waals surface area contributed by atoms with Gasteiger partial charge in [-0.1, -0.05) is 18.2 Å². The molecule has 10 heteroatoms. The van der Waals surface area contributed by atoms with E-state index in [1.807, 2.05) is 42.3 Å². The number of non-ortho nitro benzene ring substituents is 1. The maximum atomic E-state index is 11.6. The molecule has 0 fully saturated rings. The van der Waals surface area contributed by atoms with Crippen LogP contribution in [0.25, 0.3) is 6.08 Å². The fourth-order valence-electron chi connectivity index (χ4n) is 4.95. The first-order valence-corrected chi connectivity index (χ1v) is 10.6. The third-order valence-corrected chi connectivity index (χ3v) is 6.58. The number of likely N-dealkylation sites (N-methyl/N-ethyl adjacent to an activating group) is 1. The Balaban J connectivity index is 1.82. The van der Waals surface area contributed by atoms with Gasteiger partial charge in [0.25, 0.3) is 5.69 Å². The fraction of sp³-hybridized carbons (Fsp3) is 0.333. The number of ether oxygens (including phenoxy) is 1. The number of carbonyl (C=O) groups is 2. The van der Waals surface area contributed by atoms with E-state index in [0.29, 0.717) is 16.9 Å². The third-order valence-electron chi connectivity index (χ3n) is 6.58. The molecule has 1 atom stereocenters. The quantitative estimate of drug-likeness (QED) is 0.465. The predicted octanol–water partition coefficient (Wildman–Crippen LogP) is 3.10. The van der Waals surface area contributed by atoms with E-state index in [9.17, 15) is 29.9 Å².